The second-order valence-electron chi connectivity index (χ2n) is 8.72. The van der Waals surface area contributed by atoms with Gasteiger partial charge in [0, 0.05) is 17.3 Å². The summed E-state index contributed by atoms with van der Waals surface area (Å²) in [5.74, 6) is 0. The van der Waals surface area contributed by atoms with Crippen LogP contribution in [-0.4, -0.2) is 16.6 Å². The van der Waals surface area contributed by atoms with Crippen LogP contribution in [0.2, 0.25) is 0 Å². The number of allylic oxidation sites excluding steroid dienone is 1. The van der Waals surface area contributed by atoms with E-state index in [0.717, 1.165) is 9.86 Å². The SMILES string of the molecule is CC1=CC(C)(C)Nc2ccccc21.c1ccc2sc(SNC3CCCCC3)nc2c1. The van der Waals surface area contributed by atoms with E-state index in [9.17, 15) is 0 Å². The Kier molecular flexibility index (Phi) is 6.81. The number of thiazole rings is 1. The molecule has 2 aromatic carbocycles. The summed E-state index contributed by atoms with van der Waals surface area (Å²) in [5.41, 5.74) is 5.12. The monoisotopic (exact) mass is 437 g/mol. The van der Waals surface area contributed by atoms with E-state index < -0.39 is 0 Å². The summed E-state index contributed by atoms with van der Waals surface area (Å²) in [6.45, 7) is 6.54. The Hall–Kier alpha value is -1.82. The van der Waals surface area contributed by atoms with Crippen molar-refractivity contribution in [1.82, 2.24) is 9.71 Å². The lowest BCUT2D eigenvalue weighted by Gasteiger charge is -2.31. The van der Waals surface area contributed by atoms with Crippen LogP contribution in [0.3, 0.4) is 0 Å². The van der Waals surface area contributed by atoms with Crippen LogP contribution in [0.15, 0.2) is 58.9 Å². The van der Waals surface area contributed by atoms with Crippen molar-refractivity contribution >= 4 is 44.8 Å². The smallest absolute Gasteiger partial charge is 0.166 e. The number of nitrogens with one attached hydrogen (secondary N) is 2. The van der Waals surface area contributed by atoms with E-state index in [0.29, 0.717) is 6.04 Å². The molecule has 0 atom stereocenters. The van der Waals surface area contributed by atoms with E-state index in [4.69, 9.17) is 0 Å². The molecule has 5 rings (SSSR count). The fourth-order valence-corrected chi connectivity index (χ4v) is 6.11. The van der Waals surface area contributed by atoms with Gasteiger partial charge < -0.3 is 5.32 Å². The summed E-state index contributed by atoms with van der Waals surface area (Å²) in [4.78, 5) is 4.62. The Morgan fingerprint density at radius 3 is 2.57 bits per heavy atom. The largest absolute Gasteiger partial charge is 0.376 e. The van der Waals surface area contributed by atoms with Crippen LogP contribution in [0.5, 0.6) is 0 Å². The quantitative estimate of drug-likeness (QED) is 0.415. The van der Waals surface area contributed by atoms with Crippen molar-refractivity contribution in [2.75, 3.05) is 5.32 Å². The molecule has 0 radical (unpaired) electrons. The van der Waals surface area contributed by atoms with Gasteiger partial charge in [0.05, 0.1) is 15.8 Å². The van der Waals surface area contributed by atoms with Gasteiger partial charge in [0.15, 0.2) is 4.34 Å². The highest BCUT2D eigenvalue weighted by Gasteiger charge is 2.21. The Bertz CT molecular complexity index is 983. The number of benzene rings is 2. The first-order chi connectivity index (χ1) is 14.5. The molecule has 0 unspecified atom stereocenters. The standard InChI is InChI=1S/C13H16N2S2.C12H15N/c1-2-6-10(7-3-1)15-17-13-14-11-8-4-5-9-12(11)16-13;1-9-8-12(2,3)13-11-7-5-4-6-10(9)11/h4-5,8-10,15H,1-3,6-7H2;4-8,13H,1-3H3. The predicted molar refractivity (Wildman–Crippen MR) is 133 cm³/mol. The molecule has 2 aliphatic rings. The summed E-state index contributed by atoms with van der Waals surface area (Å²) < 4.78 is 5.98. The third-order valence-electron chi connectivity index (χ3n) is 5.58. The Balaban J connectivity index is 0.000000151. The van der Waals surface area contributed by atoms with Crippen molar-refractivity contribution < 1.29 is 0 Å². The highest BCUT2D eigenvalue weighted by Crippen LogP contribution is 2.33. The van der Waals surface area contributed by atoms with Crippen molar-refractivity contribution in [3.8, 4) is 0 Å². The van der Waals surface area contributed by atoms with Gasteiger partial charge in [0.2, 0.25) is 0 Å². The second-order valence-corrected chi connectivity index (χ2v) is 10.8. The van der Waals surface area contributed by atoms with Gasteiger partial charge in [0.1, 0.15) is 0 Å². The van der Waals surface area contributed by atoms with Crippen molar-refractivity contribution in [3.05, 3.63) is 60.2 Å². The third-order valence-corrected chi connectivity index (χ3v) is 7.63. The van der Waals surface area contributed by atoms with E-state index in [-0.39, 0.29) is 5.54 Å². The van der Waals surface area contributed by atoms with Gasteiger partial charge in [-0.2, -0.15) is 0 Å². The number of anilines is 1. The molecular formula is C25H31N3S2. The number of fused-ring (bicyclic) bond motifs is 2. The average molecular weight is 438 g/mol. The van der Waals surface area contributed by atoms with Gasteiger partial charge >= 0.3 is 0 Å². The number of hydrogen-bond acceptors (Lipinski definition) is 5. The molecule has 0 amide bonds. The van der Waals surface area contributed by atoms with Crippen LogP contribution in [0.25, 0.3) is 15.8 Å². The minimum Gasteiger partial charge on any atom is -0.376 e. The number of hydrogen-bond donors (Lipinski definition) is 2. The van der Waals surface area contributed by atoms with Crippen LogP contribution in [-0.2, 0) is 0 Å². The lowest BCUT2D eigenvalue weighted by Crippen LogP contribution is -2.31. The topological polar surface area (TPSA) is 37.0 Å². The van der Waals surface area contributed by atoms with Crippen LogP contribution < -0.4 is 10.0 Å². The maximum absolute atomic E-state index is 4.62. The molecular weight excluding hydrogens is 406 g/mol. The van der Waals surface area contributed by atoms with Crippen molar-refractivity contribution in [2.45, 2.75) is 68.8 Å². The summed E-state index contributed by atoms with van der Waals surface area (Å²) in [7, 11) is 0. The number of para-hydroxylation sites is 2. The summed E-state index contributed by atoms with van der Waals surface area (Å²) in [5, 5.41) is 3.49. The second kappa shape index (κ2) is 9.54. The molecule has 2 N–H and O–H groups in total. The fourth-order valence-electron chi connectivity index (χ4n) is 4.19. The fraction of sp³-hybridized carbons (Fsp3) is 0.400. The first-order valence-electron chi connectivity index (χ1n) is 10.9. The van der Waals surface area contributed by atoms with E-state index in [1.54, 1.807) is 23.3 Å². The average Bonchev–Trinajstić information content (AvgIpc) is 3.16. The van der Waals surface area contributed by atoms with Gasteiger partial charge in [-0.3, -0.25) is 4.72 Å². The first kappa shape index (κ1) is 21.4. The molecule has 3 nitrogen and oxygen atoms in total. The molecule has 30 heavy (non-hydrogen) atoms. The van der Waals surface area contributed by atoms with E-state index >= 15 is 0 Å². The molecule has 1 aromatic heterocycles. The maximum Gasteiger partial charge on any atom is 0.166 e. The van der Waals surface area contributed by atoms with Gasteiger partial charge in [0.25, 0.3) is 0 Å². The molecule has 0 saturated heterocycles. The predicted octanol–water partition coefficient (Wildman–Crippen LogP) is 7.52. The number of aromatic nitrogens is 1. The zero-order valence-corrected chi connectivity index (χ0v) is 19.7. The summed E-state index contributed by atoms with van der Waals surface area (Å²) >= 11 is 3.49. The Morgan fingerprint density at radius 1 is 1.03 bits per heavy atom. The van der Waals surface area contributed by atoms with Gasteiger partial charge in [-0.25, -0.2) is 4.98 Å². The molecule has 0 bridgehead atoms. The maximum atomic E-state index is 4.62. The molecule has 5 heteroatoms. The van der Waals surface area contributed by atoms with Gasteiger partial charge in [-0.15, -0.1) is 11.3 Å². The van der Waals surface area contributed by atoms with Crippen molar-refractivity contribution in [3.63, 3.8) is 0 Å². The lowest BCUT2D eigenvalue weighted by molar-refractivity contribution is 0.423. The van der Waals surface area contributed by atoms with Crippen molar-refractivity contribution in [2.24, 2.45) is 0 Å². The van der Waals surface area contributed by atoms with Gasteiger partial charge in [-0.05, 0) is 69.3 Å². The molecule has 3 aromatic rings. The summed E-state index contributed by atoms with van der Waals surface area (Å²) in [6, 6.07) is 17.5. The highest BCUT2D eigenvalue weighted by molar-refractivity contribution is 7.99. The van der Waals surface area contributed by atoms with Crippen LogP contribution in [0.1, 0.15) is 58.4 Å². The molecule has 1 saturated carbocycles. The van der Waals surface area contributed by atoms with Crippen LogP contribution >= 0.6 is 23.3 Å². The highest BCUT2D eigenvalue weighted by atomic mass is 32.2. The first-order valence-corrected chi connectivity index (χ1v) is 12.5. The Morgan fingerprint density at radius 2 is 1.77 bits per heavy atom. The lowest BCUT2D eigenvalue weighted by atomic mass is 9.91. The van der Waals surface area contributed by atoms with E-state index in [1.165, 1.54) is 53.6 Å². The minimum atomic E-state index is 0.0818. The molecule has 1 fully saturated rings. The zero-order chi connectivity index (χ0) is 21.0. The molecule has 2 heterocycles. The van der Waals surface area contributed by atoms with E-state index in [1.807, 2.05) is 6.07 Å². The normalized spacial score (nSPS) is 18.0. The Labute approximate surface area is 188 Å². The zero-order valence-electron chi connectivity index (χ0n) is 18.1. The van der Waals surface area contributed by atoms with Crippen LogP contribution in [0.4, 0.5) is 5.69 Å². The van der Waals surface area contributed by atoms with E-state index in [2.05, 4.69) is 84.3 Å². The molecule has 1 aliphatic heterocycles. The van der Waals surface area contributed by atoms with Gasteiger partial charge in [-0.1, -0.05) is 55.7 Å². The number of rotatable bonds is 3. The molecule has 158 valence electrons. The summed E-state index contributed by atoms with van der Waals surface area (Å²) in [6.07, 6.45) is 9.06. The minimum absolute atomic E-state index is 0.0818. The molecule has 0 spiro atoms. The third kappa shape index (κ3) is 5.45. The van der Waals surface area contributed by atoms with Crippen LogP contribution in [0, 0.1) is 0 Å². The molecule has 1 aliphatic carbocycles. The number of nitrogens with zero attached hydrogens (tertiary/aromatic N) is 1. The van der Waals surface area contributed by atoms with Crippen molar-refractivity contribution in [1.29, 1.82) is 0 Å².